The first-order valence-electron chi connectivity index (χ1n) is 4.86. The molecule has 0 aromatic heterocycles. The lowest BCUT2D eigenvalue weighted by atomic mass is 10.2. The Labute approximate surface area is 89.6 Å². The van der Waals surface area contributed by atoms with Crippen LogP contribution in [0.3, 0.4) is 0 Å². The minimum Gasteiger partial charge on any atom is -0.392 e. The monoisotopic (exact) mass is 220 g/mol. The highest BCUT2D eigenvalue weighted by atomic mass is 32.2. The van der Waals surface area contributed by atoms with Crippen molar-refractivity contribution in [3.8, 4) is 0 Å². The number of hydrogen-bond donors (Lipinski definition) is 3. The van der Waals surface area contributed by atoms with Crippen LogP contribution >= 0.6 is 11.8 Å². The van der Waals surface area contributed by atoms with Crippen molar-refractivity contribution in [1.82, 2.24) is 5.43 Å². The van der Waals surface area contributed by atoms with Gasteiger partial charge in [0.05, 0.1) is 11.4 Å². The molecule has 0 saturated heterocycles. The van der Waals surface area contributed by atoms with Crippen LogP contribution in [0.5, 0.6) is 0 Å². The van der Waals surface area contributed by atoms with E-state index in [0.717, 1.165) is 12.8 Å². The van der Waals surface area contributed by atoms with Crippen LogP contribution in [0, 0.1) is 0 Å². The summed E-state index contributed by atoms with van der Waals surface area (Å²) >= 11 is 1.47. The smallest absolute Gasteiger partial charge is 0.246 e. The van der Waals surface area contributed by atoms with Gasteiger partial charge in [0.1, 0.15) is 0 Å². The number of nitrogens with two attached hydrogens (primary N) is 1. The average Bonchev–Trinajstić information content (AvgIpc) is 2.15. The fourth-order valence-corrected chi connectivity index (χ4v) is 2.30. The maximum Gasteiger partial charge on any atom is 0.246 e. The minimum atomic E-state index is -0.412. The molecule has 4 N–H and O–H groups in total. The van der Waals surface area contributed by atoms with Gasteiger partial charge in [-0.25, -0.2) is 5.84 Å². The highest BCUT2D eigenvalue weighted by Crippen LogP contribution is 2.23. The molecule has 14 heavy (non-hydrogen) atoms. The zero-order chi connectivity index (χ0) is 11.1. The zero-order valence-electron chi connectivity index (χ0n) is 8.99. The number of thioether (sulfide) groups is 1. The Bertz CT molecular complexity index is 176. The predicted molar refractivity (Wildman–Crippen MR) is 59.8 cm³/mol. The Hall–Kier alpha value is -0.260. The van der Waals surface area contributed by atoms with Crippen LogP contribution in [-0.4, -0.2) is 27.6 Å². The number of aliphatic hydroxyl groups excluding tert-OH is 1. The molecule has 0 aliphatic heterocycles. The lowest BCUT2D eigenvalue weighted by Crippen LogP contribution is -2.39. The summed E-state index contributed by atoms with van der Waals surface area (Å²) in [5, 5.41) is 9.20. The van der Waals surface area contributed by atoms with E-state index in [0.29, 0.717) is 0 Å². The third kappa shape index (κ3) is 4.83. The van der Waals surface area contributed by atoms with Crippen LogP contribution in [0.4, 0.5) is 0 Å². The fraction of sp³-hybridized carbons (Fsp3) is 0.889. The topological polar surface area (TPSA) is 75.3 Å². The van der Waals surface area contributed by atoms with Gasteiger partial charge in [0, 0.05) is 5.25 Å². The molecule has 0 aromatic rings. The normalized spacial score (nSPS) is 17.2. The SMILES string of the molecule is CCCC(SC(C)C(C)O)C(=O)NN. The van der Waals surface area contributed by atoms with Crippen LogP contribution in [0.1, 0.15) is 33.6 Å². The van der Waals surface area contributed by atoms with Gasteiger partial charge in [0.15, 0.2) is 0 Å². The molecule has 3 unspecified atom stereocenters. The molecule has 3 atom stereocenters. The van der Waals surface area contributed by atoms with Crippen LogP contribution in [0.15, 0.2) is 0 Å². The van der Waals surface area contributed by atoms with Crippen molar-refractivity contribution in [2.45, 2.75) is 50.2 Å². The number of carbonyl (C=O) groups is 1. The van der Waals surface area contributed by atoms with Gasteiger partial charge < -0.3 is 5.11 Å². The van der Waals surface area contributed by atoms with Gasteiger partial charge in [0.25, 0.3) is 0 Å². The summed E-state index contributed by atoms with van der Waals surface area (Å²) in [4.78, 5) is 11.3. The summed E-state index contributed by atoms with van der Waals surface area (Å²) in [5.74, 6) is 4.92. The number of rotatable bonds is 6. The van der Waals surface area contributed by atoms with E-state index < -0.39 is 6.10 Å². The van der Waals surface area contributed by atoms with Gasteiger partial charge >= 0.3 is 0 Å². The number of aliphatic hydroxyl groups is 1. The molecule has 5 heteroatoms. The summed E-state index contributed by atoms with van der Waals surface area (Å²) in [6, 6.07) is 0. The second-order valence-corrected chi connectivity index (χ2v) is 4.95. The number of hydrazine groups is 1. The van der Waals surface area contributed by atoms with Gasteiger partial charge in [-0.05, 0) is 13.3 Å². The van der Waals surface area contributed by atoms with E-state index in [1.54, 1.807) is 6.92 Å². The molecule has 0 spiro atoms. The fourth-order valence-electron chi connectivity index (χ4n) is 0.989. The van der Waals surface area contributed by atoms with Crippen molar-refractivity contribution in [3.63, 3.8) is 0 Å². The van der Waals surface area contributed by atoms with Crippen molar-refractivity contribution < 1.29 is 9.90 Å². The summed E-state index contributed by atoms with van der Waals surface area (Å²) < 4.78 is 0. The Kier molecular flexibility index (Phi) is 6.96. The maximum absolute atomic E-state index is 11.3. The van der Waals surface area contributed by atoms with Gasteiger partial charge in [-0.3, -0.25) is 10.2 Å². The molecule has 0 saturated carbocycles. The van der Waals surface area contributed by atoms with E-state index in [9.17, 15) is 9.90 Å². The van der Waals surface area contributed by atoms with Crippen molar-refractivity contribution >= 4 is 17.7 Å². The van der Waals surface area contributed by atoms with Crippen LogP contribution < -0.4 is 11.3 Å². The van der Waals surface area contributed by atoms with Gasteiger partial charge in [-0.15, -0.1) is 11.8 Å². The summed E-state index contributed by atoms with van der Waals surface area (Å²) in [7, 11) is 0. The molecule has 84 valence electrons. The van der Waals surface area contributed by atoms with Crippen LogP contribution in [0.2, 0.25) is 0 Å². The van der Waals surface area contributed by atoms with Crippen molar-refractivity contribution in [2.75, 3.05) is 0 Å². The molecular formula is C9H20N2O2S. The Morgan fingerprint density at radius 3 is 2.50 bits per heavy atom. The standard InChI is InChI=1S/C9H20N2O2S/c1-4-5-8(9(13)11-10)14-7(3)6(2)12/h6-8,12H,4-5,10H2,1-3H3,(H,11,13). The first kappa shape index (κ1) is 13.7. The Morgan fingerprint density at radius 2 is 2.14 bits per heavy atom. The molecule has 4 nitrogen and oxygen atoms in total. The third-order valence-electron chi connectivity index (χ3n) is 2.04. The average molecular weight is 220 g/mol. The summed E-state index contributed by atoms with van der Waals surface area (Å²) in [5.41, 5.74) is 2.15. The van der Waals surface area contributed by atoms with Crippen LogP contribution in [0.25, 0.3) is 0 Å². The second kappa shape index (κ2) is 7.09. The molecule has 0 bridgehead atoms. The molecule has 1 amide bonds. The molecule has 0 radical (unpaired) electrons. The third-order valence-corrected chi connectivity index (χ3v) is 3.65. The van der Waals surface area contributed by atoms with E-state index >= 15 is 0 Å². The van der Waals surface area contributed by atoms with E-state index in [1.807, 2.05) is 13.8 Å². The largest absolute Gasteiger partial charge is 0.392 e. The molecule has 0 aliphatic carbocycles. The molecule has 0 aromatic carbocycles. The molecular weight excluding hydrogens is 200 g/mol. The summed E-state index contributed by atoms with van der Waals surface area (Å²) in [6.45, 7) is 5.65. The second-order valence-electron chi connectivity index (χ2n) is 3.37. The van der Waals surface area contributed by atoms with Crippen molar-refractivity contribution in [1.29, 1.82) is 0 Å². The quantitative estimate of drug-likeness (QED) is 0.349. The van der Waals surface area contributed by atoms with E-state index in [1.165, 1.54) is 11.8 Å². The molecule has 0 rings (SSSR count). The maximum atomic E-state index is 11.3. The first-order valence-corrected chi connectivity index (χ1v) is 5.81. The van der Waals surface area contributed by atoms with Crippen LogP contribution in [-0.2, 0) is 4.79 Å². The summed E-state index contributed by atoms with van der Waals surface area (Å²) in [6.07, 6.45) is 1.30. The first-order chi connectivity index (χ1) is 6.52. The highest BCUT2D eigenvalue weighted by Gasteiger charge is 2.22. The number of nitrogens with one attached hydrogen (secondary N) is 1. The highest BCUT2D eigenvalue weighted by molar-refractivity contribution is 8.01. The van der Waals surface area contributed by atoms with Gasteiger partial charge in [-0.1, -0.05) is 20.3 Å². The predicted octanol–water partition coefficient (Wildman–Crippen LogP) is 0.647. The van der Waals surface area contributed by atoms with Gasteiger partial charge in [0.2, 0.25) is 5.91 Å². The van der Waals surface area contributed by atoms with Gasteiger partial charge in [-0.2, -0.15) is 0 Å². The minimum absolute atomic E-state index is 0.0452. The van der Waals surface area contributed by atoms with Crippen molar-refractivity contribution in [2.24, 2.45) is 5.84 Å². The Morgan fingerprint density at radius 1 is 1.57 bits per heavy atom. The van der Waals surface area contributed by atoms with Crippen molar-refractivity contribution in [3.05, 3.63) is 0 Å². The number of amides is 1. The molecule has 0 fully saturated rings. The molecule has 0 aliphatic rings. The lowest BCUT2D eigenvalue weighted by Gasteiger charge is -2.20. The Balaban J connectivity index is 4.15. The lowest BCUT2D eigenvalue weighted by molar-refractivity contribution is -0.120. The number of carbonyl (C=O) groups excluding carboxylic acids is 1. The van der Waals surface area contributed by atoms with E-state index in [-0.39, 0.29) is 16.4 Å². The molecule has 0 heterocycles. The number of hydrogen-bond acceptors (Lipinski definition) is 4. The van der Waals surface area contributed by atoms with E-state index in [4.69, 9.17) is 5.84 Å². The van der Waals surface area contributed by atoms with E-state index in [2.05, 4.69) is 5.43 Å². The zero-order valence-corrected chi connectivity index (χ0v) is 9.80.